The lowest BCUT2D eigenvalue weighted by Gasteiger charge is -2.08. The minimum atomic E-state index is 0.474. The Morgan fingerprint density at radius 3 is 1.24 bits per heavy atom. The van der Waals surface area contributed by atoms with Gasteiger partial charge < -0.3 is 8.83 Å². The third kappa shape index (κ3) is 4.35. The van der Waals surface area contributed by atoms with Crippen molar-refractivity contribution in [3.05, 3.63) is 116 Å². The molecule has 0 saturated carbocycles. The molecule has 0 unspecified atom stereocenters. The molecule has 4 aromatic heterocycles. The summed E-state index contributed by atoms with van der Waals surface area (Å²) >= 11 is 0. The molecule has 198 valence electrons. The maximum Gasteiger partial charge on any atom is 0.227 e. The Hall–Kier alpha value is -6.09. The summed E-state index contributed by atoms with van der Waals surface area (Å²) < 4.78 is 11.9. The number of hydrogen-bond donors (Lipinski definition) is 0. The van der Waals surface area contributed by atoms with Crippen LogP contribution in [0.25, 0.3) is 79.3 Å². The molecule has 0 fully saturated rings. The number of fused-ring (bicyclic) bond motifs is 2. The van der Waals surface area contributed by atoms with E-state index in [0.717, 1.165) is 44.5 Å². The van der Waals surface area contributed by atoms with Crippen LogP contribution in [0.2, 0.25) is 0 Å². The van der Waals surface area contributed by atoms with Crippen LogP contribution in [0.4, 0.5) is 0 Å². The van der Waals surface area contributed by atoms with Crippen LogP contribution in [0.3, 0.4) is 0 Å². The van der Waals surface area contributed by atoms with Crippen molar-refractivity contribution < 1.29 is 8.83 Å². The van der Waals surface area contributed by atoms with E-state index in [1.807, 2.05) is 97.1 Å². The van der Waals surface area contributed by atoms with Gasteiger partial charge in [-0.05, 0) is 48.5 Å². The van der Waals surface area contributed by atoms with E-state index < -0.39 is 0 Å². The minimum absolute atomic E-state index is 0.474. The van der Waals surface area contributed by atoms with Gasteiger partial charge in [0.25, 0.3) is 0 Å². The van der Waals surface area contributed by atoms with E-state index in [1.165, 1.54) is 6.33 Å². The van der Waals surface area contributed by atoms with Crippen LogP contribution in [-0.2, 0) is 0 Å². The lowest BCUT2D eigenvalue weighted by molar-refractivity contribution is 0.619. The molecule has 0 bridgehead atoms. The summed E-state index contributed by atoms with van der Waals surface area (Å²) in [5.41, 5.74) is 7.16. The van der Waals surface area contributed by atoms with Gasteiger partial charge in [-0.25, -0.2) is 34.9 Å². The van der Waals surface area contributed by atoms with E-state index >= 15 is 0 Å². The van der Waals surface area contributed by atoms with Gasteiger partial charge in [-0.15, -0.1) is 0 Å². The largest absolute Gasteiger partial charge is 0.436 e. The maximum atomic E-state index is 5.93. The number of nitrogens with zero attached hydrogens (tertiary/aromatic N) is 7. The Bertz CT molecular complexity index is 1990. The van der Waals surface area contributed by atoms with Gasteiger partial charge in [0.1, 0.15) is 17.4 Å². The van der Waals surface area contributed by atoms with E-state index in [-0.39, 0.29) is 0 Å². The second kappa shape index (κ2) is 9.83. The first-order valence-corrected chi connectivity index (χ1v) is 13.2. The molecule has 0 amide bonds. The molecule has 4 aromatic carbocycles. The van der Waals surface area contributed by atoms with Crippen molar-refractivity contribution in [2.24, 2.45) is 0 Å². The molecule has 8 rings (SSSR count). The molecular formula is C33H19N7O2. The van der Waals surface area contributed by atoms with Crippen LogP contribution in [0.5, 0.6) is 0 Å². The Balaban J connectivity index is 1.17. The molecule has 0 spiro atoms. The van der Waals surface area contributed by atoms with Crippen molar-refractivity contribution in [2.75, 3.05) is 0 Å². The fourth-order valence-electron chi connectivity index (χ4n) is 4.69. The lowest BCUT2D eigenvalue weighted by atomic mass is 10.1. The topological polar surface area (TPSA) is 117 Å². The number of rotatable bonds is 5. The highest BCUT2D eigenvalue weighted by atomic mass is 16.4. The highest BCUT2D eigenvalue weighted by Crippen LogP contribution is 2.30. The van der Waals surface area contributed by atoms with Gasteiger partial charge in [0.2, 0.25) is 11.8 Å². The third-order valence-corrected chi connectivity index (χ3v) is 6.82. The van der Waals surface area contributed by atoms with Crippen molar-refractivity contribution in [3.63, 3.8) is 0 Å². The Kier molecular flexibility index (Phi) is 5.56. The van der Waals surface area contributed by atoms with Gasteiger partial charge in [0.15, 0.2) is 28.6 Å². The second-order valence-corrected chi connectivity index (χ2v) is 9.56. The Morgan fingerprint density at radius 1 is 0.381 bits per heavy atom. The molecule has 0 atom stereocenters. The third-order valence-electron chi connectivity index (χ3n) is 6.82. The Labute approximate surface area is 238 Å². The summed E-state index contributed by atoms with van der Waals surface area (Å²) in [6, 6.07) is 31.0. The standard InChI is InChI=1S/C33H19N7O2/c1-3-7-27-25(5-1)36-32(41-27)22-13-9-20(10-14-22)29-38-30(40-31(39-29)24-17-34-19-35-18-24)21-11-15-23(16-12-21)33-37-26-6-2-4-8-28(26)42-33/h1-19H. The van der Waals surface area contributed by atoms with E-state index in [1.54, 1.807) is 12.4 Å². The van der Waals surface area contributed by atoms with Crippen molar-refractivity contribution in [1.82, 2.24) is 34.9 Å². The molecule has 42 heavy (non-hydrogen) atoms. The van der Waals surface area contributed by atoms with Crippen molar-refractivity contribution in [3.8, 4) is 57.1 Å². The number of para-hydroxylation sites is 4. The highest BCUT2D eigenvalue weighted by molar-refractivity contribution is 5.78. The number of oxazole rings is 2. The summed E-state index contributed by atoms with van der Waals surface area (Å²) in [4.78, 5) is 31.8. The monoisotopic (exact) mass is 545 g/mol. The van der Waals surface area contributed by atoms with Crippen molar-refractivity contribution in [1.29, 1.82) is 0 Å². The maximum absolute atomic E-state index is 5.93. The zero-order chi connectivity index (χ0) is 27.9. The van der Waals surface area contributed by atoms with Gasteiger partial charge in [-0.2, -0.15) is 0 Å². The summed E-state index contributed by atoms with van der Waals surface area (Å²) in [5, 5.41) is 0. The normalized spacial score (nSPS) is 11.3. The Morgan fingerprint density at radius 2 is 0.786 bits per heavy atom. The second-order valence-electron chi connectivity index (χ2n) is 9.56. The molecule has 0 aliphatic rings. The fraction of sp³-hybridized carbons (Fsp3) is 0. The smallest absolute Gasteiger partial charge is 0.227 e. The first kappa shape index (κ1) is 23.8. The van der Waals surface area contributed by atoms with Crippen LogP contribution in [-0.4, -0.2) is 34.9 Å². The molecule has 8 aromatic rings. The van der Waals surface area contributed by atoms with Crippen LogP contribution in [0.1, 0.15) is 0 Å². The predicted octanol–water partition coefficient (Wildman–Crippen LogP) is 7.28. The molecule has 9 nitrogen and oxygen atoms in total. The summed E-state index contributed by atoms with van der Waals surface area (Å²) in [6.07, 6.45) is 4.84. The quantitative estimate of drug-likeness (QED) is 0.220. The molecule has 0 saturated heterocycles. The zero-order valence-electron chi connectivity index (χ0n) is 21.9. The van der Waals surface area contributed by atoms with Crippen molar-refractivity contribution >= 4 is 22.2 Å². The van der Waals surface area contributed by atoms with Crippen LogP contribution >= 0.6 is 0 Å². The SMILES string of the molecule is c1ccc2oc(-c3ccc(-c4nc(-c5ccc(-c6nc7ccccc7o6)cc5)nc(-c5cncnc5)n4)cc3)nc2c1. The summed E-state index contributed by atoms with van der Waals surface area (Å²) in [7, 11) is 0. The van der Waals surface area contributed by atoms with Gasteiger partial charge in [-0.1, -0.05) is 48.5 Å². The first-order valence-electron chi connectivity index (χ1n) is 13.2. The van der Waals surface area contributed by atoms with Gasteiger partial charge in [0.05, 0.1) is 5.56 Å². The van der Waals surface area contributed by atoms with Crippen LogP contribution in [0, 0.1) is 0 Å². The molecule has 0 aliphatic carbocycles. The molecular weight excluding hydrogens is 526 g/mol. The van der Waals surface area contributed by atoms with E-state index in [9.17, 15) is 0 Å². The summed E-state index contributed by atoms with van der Waals surface area (Å²) in [5.74, 6) is 2.62. The molecule has 9 heteroatoms. The minimum Gasteiger partial charge on any atom is -0.436 e. The molecule has 4 heterocycles. The average Bonchev–Trinajstić information content (AvgIpc) is 3.70. The molecule has 0 aliphatic heterocycles. The van der Waals surface area contributed by atoms with Gasteiger partial charge >= 0.3 is 0 Å². The van der Waals surface area contributed by atoms with Crippen LogP contribution in [0.15, 0.2) is 125 Å². The number of aromatic nitrogens is 7. The van der Waals surface area contributed by atoms with Crippen LogP contribution < -0.4 is 0 Å². The van der Waals surface area contributed by atoms with Crippen molar-refractivity contribution in [2.45, 2.75) is 0 Å². The molecule has 0 radical (unpaired) electrons. The van der Waals surface area contributed by atoms with E-state index in [0.29, 0.717) is 34.8 Å². The van der Waals surface area contributed by atoms with E-state index in [4.69, 9.17) is 23.8 Å². The number of hydrogen-bond acceptors (Lipinski definition) is 9. The first-order chi connectivity index (χ1) is 20.8. The lowest BCUT2D eigenvalue weighted by Crippen LogP contribution is -2.00. The number of benzene rings is 4. The summed E-state index contributed by atoms with van der Waals surface area (Å²) in [6.45, 7) is 0. The van der Waals surface area contributed by atoms with Gasteiger partial charge in [-0.3, -0.25) is 0 Å². The highest BCUT2D eigenvalue weighted by Gasteiger charge is 2.15. The molecule has 0 N–H and O–H groups in total. The van der Waals surface area contributed by atoms with E-state index in [2.05, 4.69) is 19.9 Å². The predicted molar refractivity (Wildman–Crippen MR) is 158 cm³/mol. The fourth-order valence-corrected chi connectivity index (χ4v) is 4.69. The zero-order valence-corrected chi connectivity index (χ0v) is 21.9. The van der Waals surface area contributed by atoms with Gasteiger partial charge in [0, 0.05) is 34.6 Å². The average molecular weight is 546 g/mol.